The molecule has 0 aromatic rings. The molecule has 0 aromatic carbocycles. The van der Waals surface area contributed by atoms with E-state index in [1.807, 2.05) is 0 Å². The van der Waals surface area contributed by atoms with Gasteiger partial charge in [-0.1, -0.05) is 0 Å². The van der Waals surface area contributed by atoms with Crippen LogP contribution < -0.4 is 5.32 Å². The van der Waals surface area contributed by atoms with E-state index in [4.69, 9.17) is 4.74 Å². The minimum atomic E-state index is -4.16. The number of rotatable bonds is 3. The molecule has 2 heterocycles. The number of carbonyl (C=O) groups is 1. The van der Waals surface area contributed by atoms with E-state index in [1.54, 1.807) is 0 Å². The number of methoxy groups -OCH3 is 1. The number of esters is 1. The summed E-state index contributed by atoms with van der Waals surface area (Å²) in [6.45, 7) is 1.47. The highest BCUT2D eigenvalue weighted by Gasteiger charge is 2.46. The molecule has 2 rings (SSSR count). The number of halogens is 3. The van der Waals surface area contributed by atoms with Crippen LogP contribution in [-0.4, -0.2) is 55.9 Å². The van der Waals surface area contributed by atoms with E-state index in [0.717, 1.165) is 0 Å². The van der Waals surface area contributed by atoms with Crippen LogP contribution in [0.3, 0.4) is 0 Å². The Balaban J connectivity index is 1.91. The van der Waals surface area contributed by atoms with Crippen molar-refractivity contribution < 1.29 is 22.7 Å². The molecule has 3 atom stereocenters. The number of piperidine rings is 1. The van der Waals surface area contributed by atoms with E-state index in [0.29, 0.717) is 38.9 Å². The largest absolute Gasteiger partial charge is 0.469 e. The van der Waals surface area contributed by atoms with Gasteiger partial charge in [0.25, 0.3) is 0 Å². The van der Waals surface area contributed by atoms with Crippen molar-refractivity contribution in [2.45, 2.75) is 43.9 Å². The summed E-state index contributed by atoms with van der Waals surface area (Å²) in [5.41, 5.74) is 0. The summed E-state index contributed by atoms with van der Waals surface area (Å²) in [4.78, 5) is 13.0. The molecule has 0 amide bonds. The van der Waals surface area contributed by atoms with Crippen molar-refractivity contribution in [3.8, 4) is 0 Å². The van der Waals surface area contributed by atoms with Crippen molar-refractivity contribution in [1.82, 2.24) is 10.2 Å². The lowest BCUT2D eigenvalue weighted by atomic mass is 9.92. The quantitative estimate of drug-likeness (QED) is 0.802. The minimum Gasteiger partial charge on any atom is -0.469 e. The third kappa shape index (κ3) is 3.63. The minimum absolute atomic E-state index is 0.0733. The van der Waals surface area contributed by atoms with E-state index < -0.39 is 12.2 Å². The predicted molar refractivity (Wildman–Crippen MR) is 67.2 cm³/mol. The standard InChI is InChI=1S/C13H21F3N2O2/c1-20-12(19)9-4-5-17-10(7-9)8-18-6-2-3-11(18)13(14,15)16/h9-11,17H,2-8H2,1H3/t9-,10+,11-/m1/s1. The first kappa shape index (κ1) is 15.6. The van der Waals surface area contributed by atoms with Gasteiger partial charge in [-0.2, -0.15) is 13.2 Å². The molecular formula is C13H21F3N2O2. The second-order valence-corrected chi connectivity index (χ2v) is 5.59. The van der Waals surface area contributed by atoms with Crippen molar-refractivity contribution >= 4 is 5.97 Å². The number of hydrogen-bond donors (Lipinski definition) is 1. The monoisotopic (exact) mass is 294 g/mol. The Hall–Kier alpha value is -0.820. The number of carbonyl (C=O) groups excluding carboxylic acids is 1. The van der Waals surface area contributed by atoms with Crippen LogP contribution in [0, 0.1) is 5.92 Å². The average Bonchev–Trinajstić information content (AvgIpc) is 2.86. The smallest absolute Gasteiger partial charge is 0.404 e. The van der Waals surface area contributed by atoms with E-state index >= 15 is 0 Å². The van der Waals surface area contributed by atoms with E-state index in [2.05, 4.69) is 5.32 Å². The predicted octanol–water partition coefficient (Wildman–Crippen LogP) is 1.55. The molecule has 2 aliphatic heterocycles. The second kappa shape index (κ2) is 6.30. The van der Waals surface area contributed by atoms with Gasteiger partial charge in [-0.3, -0.25) is 9.69 Å². The van der Waals surface area contributed by atoms with Crippen molar-refractivity contribution in [1.29, 1.82) is 0 Å². The van der Waals surface area contributed by atoms with E-state index in [-0.39, 0.29) is 24.3 Å². The molecule has 0 saturated carbocycles. The van der Waals surface area contributed by atoms with Gasteiger partial charge in [0, 0.05) is 12.6 Å². The van der Waals surface area contributed by atoms with Crippen LogP contribution in [0.1, 0.15) is 25.7 Å². The first-order valence-electron chi connectivity index (χ1n) is 7.03. The van der Waals surface area contributed by atoms with Gasteiger partial charge in [0.2, 0.25) is 0 Å². The Morgan fingerprint density at radius 3 is 2.80 bits per heavy atom. The van der Waals surface area contributed by atoms with Gasteiger partial charge in [-0.15, -0.1) is 0 Å². The van der Waals surface area contributed by atoms with Crippen LogP contribution in [0.15, 0.2) is 0 Å². The summed E-state index contributed by atoms with van der Waals surface area (Å²) in [6.07, 6.45) is -2.17. The van der Waals surface area contributed by atoms with E-state index in [1.165, 1.54) is 12.0 Å². The summed E-state index contributed by atoms with van der Waals surface area (Å²) in [7, 11) is 1.35. The van der Waals surface area contributed by atoms with Crippen LogP contribution in [-0.2, 0) is 9.53 Å². The number of nitrogens with one attached hydrogen (secondary N) is 1. The zero-order chi connectivity index (χ0) is 14.8. The maximum Gasteiger partial charge on any atom is 0.404 e. The molecule has 0 bridgehead atoms. The normalized spacial score (nSPS) is 32.3. The Morgan fingerprint density at radius 1 is 1.40 bits per heavy atom. The maximum atomic E-state index is 12.9. The summed E-state index contributed by atoms with van der Waals surface area (Å²) in [6, 6.07) is -1.40. The summed E-state index contributed by atoms with van der Waals surface area (Å²) < 4.78 is 43.4. The Kier molecular flexibility index (Phi) is 4.90. The maximum absolute atomic E-state index is 12.9. The molecule has 4 nitrogen and oxygen atoms in total. The van der Waals surface area contributed by atoms with Crippen LogP contribution in [0.5, 0.6) is 0 Å². The van der Waals surface area contributed by atoms with Crippen LogP contribution in [0.2, 0.25) is 0 Å². The fraction of sp³-hybridized carbons (Fsp3) is 0.923. The molecule has 7 heteroatoms. The van der Waals surface area contributed by atoms with Crippen LogP contribution >= 0.6 is 0 Å². The number of likely N-dealkylation sites (tertiary alicyclic amines) is 1. The molecule has 2 aliphatic rings. The molecule has 0 radical (unpaired) electrons. The molecule has 2 fully saturated rings. The zero-order valence-corrected chi connectivity index (χ0v) is 11.6. The SMILES string of the molecule is COC(=O)[C@@H]1CCN[C@H](CN2CCC[C@@H]2C(F)(F)F)C1. The molecule has 1 N–H and O–H groups in total. The van der Waals surface area contributed by atoms with Gasteiger partial charge < -0.3 is 10.1 Å². The van der Waals surface area contributed by atoms with Crippen LogP contribution in [0.25, 0.3) is 0 Å². The summed E-state index contributed by atoms with van der Waals surface area (Å²) in [5, 5.41) is 3.21. The lowest BCUT2D eigenvalue weighted by Gasteiger charge is -2.34. The van der Waals surface area contributed by atoms with Gasteiger partial charge in [-0.25, -0.2) is 0 Å². The second-order valence-electron chi connectivity index (χ2n) is 5.59. The Labute approximate surface area is 116 Å². The summed E-state index contributed by atoms with van der Waals surface area (Å²) in [5.74, 6) is -0.455. The fourth-order valence-corrected chi connectivity index (χ4v) is 3.22. The number of hydrogen-bond acceptors (Lipinski definition) is 4. The average molecular weight is 294 g/mol. The molecule has 0 aromatic heterocycles. The van der Waals surface area contributed by atoms with Gasteiger partial charge >= 0.3 is 12.1 Å². The Morgan fingerprint density at radius 2 is 2.15 bits per heavy atom. The lowest BCUT2D eigenvalue weighted by molar-refractivity contribution is -0.177. The number of nitrogens with zero attached hydrogens (tertiary/aromatic N) is 1. The Bertz CT molecular complexity index is 349. The molecule has 0 aliphatic carbocycles. The topological polar surface area (TPSA) is 41.6 Å². The van der Waals surface area contributed by atoms with Gasteiger partial charge in [0.05, 0.1) is 13.0 Å². The van der Waals surface area contributed by atoms with Crippen molar-refractivity contribution in [2.75, 3.05) is 26.7 Å². The van der Waals surface area contributed by atoms with Gasteiger partial charge in [-0.05, 0) is 38.8 Å². The van der Waals surface area contributed by atoms with Crippen molar-refractivity contribution in [3.63, 3.8) is 0 Å². The molecular weight excluding hydrogens is 273 g/mol. The number of alkyl halides is 3. The van der Waals surface area contributed by atoms with Crippen molar-refractivity contribution in [3.05, 3.63) is 0 Å². The molecule has 20 heavy (non-hydrogen) atoms. The molecule has 0 spiro atoms. The summed E-state index contributed by atoms with van der Waals surface area (Å²) >= 11 is 0. The molecule has 116 valence electrons. The van der Waals surface area contributed by atoms with Gasteiger partial charge in [0.15, 0.2) is 0 Å². The molecule has 2 saturated heterocycles. The first-order valence-corrected chi connectivity index (χ1v) is 7.03. The fourth-order valence-electron chi connectivity index (χ4n) is 3.22. The number of ether oxygens (including phenoxy) is 1. The van der Waals surface area contributed by atoms with E-state index in [9.17, 15) is 18.0 Å². The third-order valence-corrected chi connectivity index (χ3v) is 4.23. The first-order chi connectivity index (χ1) is 9.41. The highest BCUT2D eigenvalue weighted by molar-refractivity contribution is 5.72. The zero-order valence-electron chi connectivity index (χ0n) is 11.6. The third-order valence-electron chi connectivity index (χ3n) is 4.23. The molecule has 0 unspecified atom stereocenters. The van der Waals surface area contributed by atoms with Gasteiger partial charge in [0.1, 0.15) is 6.04 Å². The highest BCUT2D eigenvalue weighted by Crippen LogP contribution is 2.33. The van der Waals surface area contributed by atoms with Crippen LogP contribution in [0.4, 0.5) is 13.2 Å². The highest BCUT2D eigenvalue weighted by atomic mass is 19.4. The van der Waals surface area contributed by atoms with Crippen molar-refractivity contribution in [2.24, 2.45) is 5.92 Å². The lowest BCUT2D eigenvalue weighted by Crippen LogP contribution is -2.51.